The van der Waals surface area contributed by atoms with Crippen molar-refractivity contribution >= 4 is 0 Å². The van der Waals surface area contributed by atoms with Crippen molar-refractivity contribution in [3.63, 3.8) is 0 Å². The average molecular weight is 339 g/mol. The highest BCUT2D eigenvalue weighted by Gasteiger charge is 2.35. The quantitative estimate of drug-likeness (QED) is 0.623. The fraction of sp³-hybridized carbons (Fsp3) is 0.0833. The second-order valence-corrected chi connectivity index (χ2v) is 4.03. The van der Waals surface area contributed by atoms with Crippen molar-refractivity contribution in [1.29, 1.82) is 5.26 Å². The van der Waals surface area contributed by atoms with Gasteiger partial charge in [-0.1, -0.05) is 0 Å². The lowest BCUT2D eigenvalue weighted by atomic mass is 9.92. The number of nitrogens with zero attached hydrogens (tertiary/aromatic N) is 3. The van der Waals surface area contributed by atoms with Crippen LogP contribution in [0.5, 0.6) is 0 Å². The maximum absolute atomic E-state index is 13.6. The zero-order chi connectivity index (χ0) is 17.5. The highest BCUT2D eigenvalue weighted by Crippen LogP contribution is 2.34. The zero-order valence-electron chi connectivity index (χ0n) is 10.4. The minimum absolute atomic E-state index is 0.925. The van der Waals surface area contributed by atoms with Gasteiger partial charge in [-0.3, -0.25) is 0 Å². The molecule has 0 saturated carbocycles. The number of halogens is 8. The van der Waals surface area contributed by atoms with E-state index in [4.69, 9.17) is 5.26 Å². The summed E-state index contributed by atoms with van der Waals surface area (Å²) >= 11 is 0. The highest BCUT2D eigenvalue weighted by molar-refractivity contribution is 5.40. The Morgan fingerprint density at radius 2 is 0.870 bits per heavy atom. The van der Waals surface area contributed by atoms with Gasteiger partial charge in [-0.15, -0.1) is 0 Å². The van der Waals surface area contributed by atoms with Crippen molar-refractivity contribution < 1.29 is 35.1 Å². The SMILES string of the molecule is N#CC(c1c(F)c(F)nc(F)c1F)c1c(F)c(F)nc(F)c1F. The van der Waals surface area contributed by atoms with Crippen molar-refractivity contribution in [2.75, 3.05) is 0 Å². The summed E-state index contributed by atoms with van der Waals surface area (Å²) in [6.45, 7) is 0. The maximum Gasteiger partial charge on any atom is 0.252 e. The fourth-order valence-corrected chi connectivity index (χ4v) is 1.79. The molecule has 2 aromatic rings. The molecule has 0 aliphatic rings. The van der Waals surface area contributed by atoms with Gasteiger partial charge in [0.2, 0.25) is 0 Å². The Kier molecular flexibility index (Phi) is 4.18. The Hall–Kier alpha value is -2.77. The highest BCUT2D eigenvalue weighted by atomic mass is 19.2. The van der Waals surface area contributed by atoms with Gasteiger partial charge in [0.15, 0.2) is 23.3 Å². The maximum atomic E-state index is 13.6. The van der Waals surface area contributed by atoms with E-state index in [0.29, 0.717) is 0 Å². The van der Waals surface area contributed by atoms with Gasteiger partial charge in [0, 0.05) is 0 Å². The van der Waals surface area contributed by atoms with Gasteiger partial charge in [0.25, 0.3) is 23.8 Å². The van der Waals surface area contributed by atoms with Gasteiger partial charge in [-0.2, -0.15) is 32.8 Å². The number of aromatic nitrogens is 2. The van der Waals surface area contributed by atoms with E-state index in [1.54, 1.807) is 0 Å². The molecule has 23 heavy (non-hydrogen) atoms. The van der Waals surface area contributed by atoms with Crippen molar-refractivity contribution in [1.82, 2.24) is 9.97 Å². The monoisotopic (exact) mass is 339 g/mol. The van der Waals surface area contributed by atoms with Crippen LogP contribution in [0, 0.1) is 58.4 Å². The van der Waals surface area contributed by atoms with Crippen LogP contribution in [0.3, 0.4) is 0 Å². The molecular weight excluding hydrogens is 338 g/mol. The molecule has 3 nitrogen and oxygen atoms in total. The topological polar surface area (TPSA) is 49.6 Å². The number of hydrogen-bond acceptors (Lipinski definition) is 3. The van der Waals surface area contributed by atoms with Gasteiger partial charge in [0.1, 0.15) is 5.92 Å². The molecule has 0 amide bonds. The van der Waals surface area contributed by atoms with E-state index in [9.17, 15) is 35.1 Å². The van der Waals surface area contributed by atoms with Crippen LogP contribution in [0.15, 0.2) is 0 Å². The van der Waals surface area contributed by atoms with Gasteiger partial charge in [-0.05, 0) is 0 Å². The van der Waals surface area contributed by atoms with Crippen molar-refractivity contribution in [3.8, 4) is 6.07 Å². The van der Waals surface area contributed by atoms with E-state index < -0.39 is 64.1 Å². The summed E-state index contributed by atoms with van der Waals surface area (Å²) in [7, 11) is 0. The molecule has 0 spiro atoms. The summed E-state index contributed by atoms with van der Waals surface area (Å²) in [5, 5.41) is 8.85. The molecule has 0 saturated heterocycles. The summed E-state index contributed by atoms with van der Waals surface area (Å²) in [5.74, 6) is -20.6. The molecule has 0 aromatic carbocycles. The number of hydrogen-bond donors (Lipinski definition) is 0. The van der Waals surface area contributed by atoms with E-state index >= 15 is 0 Å². The predicted octanol–water partition coefficient (Wildman–Crippen LogP) is 3.24. The first-order valence-electron chi connectivity index (χ1n) is 5.50. The summed E-state index contributed by atoms with van der Waals surface area (Å²) < 4.78 is 107. The fourth-order valence-electron chi connectivity index (χ4n) is 1.79. The van der Waals surface area contributed by atoms with Gasteiger partial charge in [-0.25, -0.2) is 17.6 Å². The van der Waals surface area contributed by atoms with Crippen LogP contribution in [0.1, 0.15) is 17.0 Å². The van der Waals surface area contributed by atoms with Crippen molar-refractivity contribution in [2.24, 2.45) is 0 Å². The molecule has 0 unspecified atom stereocenters. The lowest BCUT2D eigenvalue weighted by Crippen LogP contribution is -2.16. The van der Waals surface area contributed by atoms with Crippen LogP contribution in [0.25, 0.3) is 0 Å². The molecule has 0 aliphatic carbocycles. The number of nitriles is 1. The molecule has 0 N–H and O–H groups in total. The first-order chi connectivity index (χ1) is 10.7. The number of rotatable bonds is 2. The molecule has 11 heteroatoms. The van der Waals surface area contributed by atoms with Crippen LogP contribution in [0.4, 0.5) is 35.1 Å². The van der Waals surface area contributed by atoms with Crippen LogP contribution >= 0.6 is 0 Å². The van der Waals surface area contributed by atoms with E-state index in [2.05, 4.69) is 9.97 Å². The summed E-state index contributed by atoms with van der Waals surface area (Å²) in [5.41, 5.74) is -3.58. The Bertz CT molecular complexity index is 730. The second kappa shape index (κ2) is 5.79. The van der Waals surface area contributed by atoms with E-state index in [1.165, 1.54) is 0 Å². The second-order valence-electron chi connectivity index (χ2n) is 4.03. The number of pyridine rings is 2. The van der Waals surface area contributed by atoms with Crippen LogP contribution in [-0.2, 0) is 0 Å². The molecule has 0 aliphatic heterocycles. The Morgan fingerprint density at radius 1 is 0.609 bits per heavy atom. The molecule has 0 bridgehead atoms. The van der Waals surface area contributed by atoms with E-state index in [-0.39, 0.29) is 0 Å². The third kappa shape index (κ3) is 2.56. The summed E-state index contributed by atoms with van der Waals surface area (Å²) in [6.07, 6.45) is 0. The molecule has 2 aromatic heterocycles. The summed E-state index contributed by atoms with van der Waals surface area (Å²) in [4.78, 5) is 4.37. The predicted molar refractivity (Wildman–Crippen MR) is 55.6 cm³/mol. The molecule has 2 heterocycles. The smallest absolute Gasteiger partial charge is 0.201 e. The van der Waals surface area contributed by atoms with Crippen LogP contribution in [0.2, 0.25) is 0 Å². The first-order valence-corrected chi connectivity index (χ1v) is 5.50. The molecule has 0 radical (unpaired) electrons. The lowest BCUT2D eigenvalue weighted by molar-refractivity contribution is 0.380. The van der Waals surface area contributed by atoms with Crippen molar-refractivity contribution in [2.45, 2.75) is 5.92 Å². The Labute approximate surface area is 121 Å². The van der Waals surface area contributed by atoms with Crippen LogP contribution in [-0.4, -0.2) is 9.97 Å². The van der Waals surface area contributed by atoms with Crippen LogP contribution < -0.4 is 0 Å². The first kappa shape index (κ1) is 16.6. The third-order valence-electron chi connectivity index (χ3n) is 2.77. The molecule has 0 atom stereocenters. The summed E-state index contributed by atoms with van der Waals surface area (Å²) in [6, 6.07) is 0.925. The minimum atomic E-state index is -2.74. The molecule has 0 fully saturated rings. The zero-order valence-corrected chi connectivity index (χ0v) is 10.4. The van der Waals surface area contributed by atoms with Crippen molar-refractivity contribution in [3.05, 3.63) is 58.2 Å². The van der Waals surface area contributed by atoms with Gasteiger partial charge < -0.3 is 0 Å². The Balaban J connectivity index is 2.87. The normalized spacial score (nSPS) is 11.0. The minimum Gasteiger partial charge on any atom is -0.201 e. The van der Waals surface area contributed by atoms with Gasteiger partial charge in [0.05, 0.1) is 17.2 Å². The molecular formula is C12HF8N3. The lowest BCUT2D eigenvalue weighted by Gasteiger charge is -2.14. The van der Waals surface area contributed by atoms with E-state index in [0.717, 1.165) is 6.07 Å². The van der Waals surface area contributed by atoms with Gasteiger partial charge >= 0.3 is 0 Å². The third-order valence-corrected chi connectivity index (χ3v) is 2.77. The molecule has 120 valence electrons. The largest absolute Gasteiger partial charge is 0.252 e. The molecule has 2 rings (SSSR count). The Morgan fingerprint density at radius 3 is 1.09 bits per heavy atom. The standard InChI is InChI=1S/C12HF8N3/c13-5-3(6(14)10(18)22-9(5)17)2(1-21)4-7(15)11(19)23-12(20)8(4)16/h2H. The van der Waals surface area contributed by atoms with E-state index in [1.807, 2.05) is 0 Å². The average Bonchev–Trinajstić information content (AvgIpc) is 2.49.